The van der Waals surface area contributed by atoms with E-state index < -0.39 is 53.5 Å². The zero-order valence-electron chi connectivity index (χ0n) is 43.0. The van der Waals surface area contributed by atoms with E-state index in [1.807, 2.05) is 69.3 Å². The van der Waals surface area contributed by atoms with Crippen molar-refractivity contribution in [2.45, 2.75) is 99.7 Å². The molecule has 0 saturated heterocycles. The van der Waals surface area contributed by atoms with Crippen molar-refractivity contribution in [3.05, 3.63) is 112 Å². The predicted octanol–water partition coefficient (Wildman–Crippen LogP) is 0.803. The van der Waals surface area contributed by atoms with E-state index in [4.69, 9.17) is 11.6 Å². The first-order chi connectivity index (χ1) is 33.9. The molecular formula is C51H58ClN5Na2O12S3. The number of anilines is 2. The molecule has 0 radical (unpaired) electrons. The number of nitrogens with one attached hydrogen (secondary N) is 1. The number of allylic oxidation sites excluding steroid dienone is 8. The number of carbonyl (C=O) groups excluding carboxylic acids is 3. The number of amides is 3. The molecule has 7 rings (SSSR count). The summed E-state index contributed by atoms with van der Waals surface area (Å²) < 4.78 is 79.6. The molecule has 3 aromatic carbocycles. The molecule has 3 amide bonds. The quantitative estimate of drug-likeness (QED) is 0.0227. The summed E-state index contributed by atoms with van der Waals surface area (Å²) in [6.45, 7) is 9.30. The Bertz CT molecular complexity index is 3100. The van der Waals surface area contributed by atoms with E-state index in [9.17, 15) is 45.6 Å². The standard InChI is InChI=1S/C51H60ClN5O12S3.2Na/c1-50(2)39-30-35(54(5)6)17-19-40(39)55(27-11-29-71(62,63)64)43(50)21-15-33-12-10-13-34(49(33)52)16-22-44-51(3,4)48-38-31-36(70-69-68-61)32-42(72(65,66)67)37(38)18-20-41(48)56(44)26-9-7-8-14-45(58)53-25-28-57-46(59)23-24-47(57)60;;/h15-24,30-32H,7-14,25-29H2,1-6H3,(H3-,53,58,61,62,63,64,65,66,67);;/q;2*+1/p-2. The molecule has 0 fully saturated rings. The molecular weight excluding hydrogens is 1050 g/mol. The second kappa shape index (κ2) is 25.5. The summed E-state index contributed by atoms with van der Waals surface area (Å²) in [6, 6.07) is 12.4. The number of nitrogens with zero attached hydrogens (tertiary/aromatic N) is 4. The minimum absolute atomic E-state index is 0. The van der Waals surface area contributed by atoms with E-state index in [0.717, 1.165) is 68.1 Å². The van der Waals surface area contributed by atoms with Gasteiger partial charge in [-0.05, 0) is 117 Å². The summed E-state index contributed by atoms with van der Waals surface area (Å²) >= 11 is 7.79. The summed E-state index contributed by atoms with van der Waals surface area (Å²) in [6.07, 6.45) is 14.9. The number of hydrogen-bond acceptors (Lipinski definition) is 15. The third kappa shape index (κ3) is 13.9. The molecule has 0 bridgehead atoms. The predicted molar refractivity (Wildman–Crippen MR) is 272 cm³/mol. The molecule has 3 heterocycles. The topological polar surface area (TPSA) is 232 Å². The van der Waals surface area contributed by atoms with Crippen molar-refractivity contribution in [1.82, 2.24) is 10.2 Å². The molecule has 0 saturated carbocycles. The number of fused-ring (bicyclic) bond motifs is 4. The second-order valence-electron chi connectivity index (χ2n) is 19.4. The van der Waals surface area contributed by atoms with Crippen molar-refractivity contribution < 1.29 is 119 Å². The van der Waals surface area contributed by atoms with E-state index in [1.54, 1.807) is 18.2 Å². The zero-order valence-corrected chi connectivity index (χ0v) is 50.2. The molecule has 3 aromatic rings. The molecule has 0 aromatic heterocycles. The minimum Gasteiger partial charge on any atom is -0.748 e. The molecule has 0 unspecified atom stereocenters. The van der Waals surface area contributed by atoms with Gasteiger partial charge in [-0.1, -0.05) is 37.6 Å². The Morgan fingerprint density at radius 1 is 0.878 bits per heavy atom. The van der Waals surface area contributed by atoms with Crippen molar-refractivity contribution in [3.8, 4) is 0 Å². The molecule has 1 N–H and O–H groups in total. The Balaban J connectivity index is 0.00000507. The first-order valence-corrected chi connectivity index (χ1v) is 27.7. The Kier molecular flexibility index (Phi) is 21.3. The number of unbranched alkanes of at least 4 members (excludes halogenated alkanes) is 2. The minimum atomic E-state index is -4.99. The Morgan fingerprint density at radius 3 is 2.26 bits per heavy atom. The van der Waals surface area contributed by atoms with Gasteiger partial charge in [0.1, 0.15) is 16.7 Å². The number of benzene rings is 3. The van der Waals surface area contributed by atoms with Crippen LogP contribution in [0.4, 0.5) is 17.1 Å². The molecule has 4 aliphatic rings. The maximum Gasteiger partial charge on any atom is 1.00 e. The van der Waals surface area contributed by atoms with Gasteiger partial charge in [0.15, 0.2) is 5.71 Å². The first kappa shape index (κ1) is 61.7. The van der Waals surface area contributed by atoms with Crippen molar-refractivity contribution in [2.24, 2.45) is 0 Å². The van der Waals surface area contributed by atoms with E-state index in [2.05, 4.69) is 44.1 Å². The average Bonchev–Trinajstić information content (AvgIpc) is 3.83. The molecule has 1 aliphatic carbocycles. The van der Waals surface area contributed by atoms with Gasteiger partial charge >= 0.3 is 59.1 Å². The average molecular weight is 1110 g/mol. The number of hydrogen-bond donors (Lipinski definition) is 1. The third-order valence-electron chi connectivity index (χ3n) is 13.7. The van der Waals surface area contributed by atoms with E-state index in [0.29, 0.717) is 67.7 Å². The third-order valence-corrected chi connectivity index (χ3v) is 16.4. The molecule has 0 spiro atoms. The molecule has 23 heteroatoms. The summed E-state index contributed by atoms with van der Waals surface area (Å²) in [5, 5.41) is 18.4. The van der Waals surface area contributed by atoms with Crippen molar-refractivity contribution in [2.75, 3.05) is 55.8 Å². The van der Waals surface area contributed by atoms with Crippen molar-refractivity contribution in [1.29, 1.82) is 0 Å². The van der Waals surface area contributed by atoms with E-state index >= 15 is 0 Å². The van der Waals surface area contributed by atoms with E-state index in [-0.39, 0.29) is 101 Å². The maximum atomic E-state index is 12.7. The normalized spacial score (nSPS) is 18.2. The van der Waals surface area contributed by atoms with Crippen LogP contribution < -0.4 is 79.5 Å². The Hall–Kier alpha value is -3.16. The van der Waals surface area contributed by atoms with Crippen LogP contribution in [0.1, 0.15) is 90.2 Å². The van der Waals surface area contributed by atoms with Gasteiger partial charge in [-0.3, -0.25) is 24.3 Å². The van der Waals surface area contributed by atoms with Gasteiger partial charge < -0.3 is 29.5 Å². The van der Waals surface area contributed by atoms with Crippen molar-refractivity contribution >= 4 is 95.1 Å². The SMILES string of the molecule is CN(C)c1ccc2c(c1)C(C)(C)/C(=C\C=C1/CCCC(/C=C/C3=[N+](CCCCCC(=O)NCCN4C(=O)C=CC4=O)c4ccc5c(S(=O)(=O)[O-])cc(SOO[O-])cc5c4C3(C)C)=C1Cl)N2CCCS(=O)(=O)[O-].[Na+].[Na+]. The van der Waals surface area contributed by atoms with Gasteiger partial charge in [0, 0.05) is 120 Å². The monoisotopic (exact) mass is 1110 g/mol. The van der Waals surface area contributed by atoms with Gasteiger partial charge in [0.25, 0.3) is 11.8 Å². The van der Waals surface area contributed by atoms with Gasteiger partial charge in [0.2, 0.25) is 11.6 Å². The summed E-state index contributed by atoms with van der Waals surface area (Å²) in [7, 11) is -5.46. The van der Waals surface area contributed by atoms with Gasteiger partial charge in [-0.15, -0.1) is 0 Å². The fourth-order valence-corrected chi connectivity index (χ4v) is 12.1. The van der Waals surface area contributed by atoms with Crippen LogP contribution in [0, 0.1) is 0 Å². The summed E-state index contributed by atoms with van der Waals surface area (Å²) in [4.78, 5) is 41.3. The van der Waals surface area contributed by atoms with Gasteiger partial charge in [-0.2, -0.15) is 8.91 Å². The van der Waals surface area contributed by atoms with Crippen LogP contribution in [0.2, 0.25) is 0 Å². The van der Waals surface area contributed by atoms with Crippen LogP contribution in [-0.4, -0.2) is 105 Å². The van der Waals surface area contributed by atoms with E-state index in [1.165, 1.54) is 12.2 Å². The van der Waals surface area contributed by atoms with Crippen LogP contribution in [0.5, 0.6) is 0 Å². The van der Waals surface area contributed by atoms with Gasteiger partial charge in [-0.25, -0.2) is 16.8 Å². The molecule has 74 heavy (non-hydrogen) atoms. The van der Waals surface area contributed by atoms with Crippen LogP contribution in [0.3, 0.4) is 0 Å². The molecule has 0 atom stereocenters. The number of rotatable bonds is 21. The smallest absolute Gasteiger partial charge is 0.748 e. The molecule has 386 valence electrons. The number of carbonyl (C=O) groups is 3. The fraction of sp³-hybridized carbons (Fsp3) is 0.412. The number of imide groups is 1. The maximum absolute atomic E-state index is 12.7. The fourth-order valence-electron chi connectivity index (χ4n) is 10.1. The Morgan fingerprint density at radius 2 is 1.59 bits per heavy atom. The first-order valence-electron chi connectivity index (χ1n) is 23.6. The largest absolute Gasteiger partial charge is 1.00 e. The van der Waals surface area contributed by atoms with Crippen LogP contribution >= 0.6 is 23.6 Å². The zero-order chi connectivity index (χ0) is 52.3. The summed E-state index contributed by atoms with van der Waals surface area (Å²) in [5.41, 5.74) is 6.89. The Labute approximate surface area is 486 Å². The second-order valence-corrected chi connectivity index (χ2v) is 23.4. The van der Waals surface area contributed by atoms with Crippen molar-refractivity contribution in [3.63, 3.8) is 0 Å². The molecule has 17 nitrogen and oxygen atoms in total. The van der Waals surface area contributed by atoms with Crippen LogP contribution in [0.25, 0.3) is 10.8 Å². The summed E-state index contributed by atoms with van der Waals surface area (Å²) in [5.74, 6) is -1.51. The molecule has 3 aliphatic heterocycles. The number of halogens is 1. The van der Waals surface area contributed by atoms with Crippen LogP contribution in [-0.2, 0) is 54.8 Å². The van der Waals surface area contributed by atoms with Crippen LogP contribution in [0.15, 0.2) is 111 Å². The van der Waals surface area contributed by atoms with Gasteiger partial charge in [0.05, 0.1) is 32.5 Å².